The number of nitrogens with zero attached hydrogens (tertiary/aromatic N) is 1. The highest BCUT2D eigenvalue weighted by atomic mass is 16.4. The molecule has 0 atom stereocenters. The fourth-order valence-electron chi connectivity index (χ4n) is 1.46. The van der Waals surface area contributed by atoms with Gasteiger partial charge in [-0.15, -0.1) is 0 Å². The third-order valence-corrected chi connectivity index (χ3v) is 2.68. The van der Waals surface area contributed by atoms with Gasteiger partial charge in [-0.05, 0) is 40.3 Å². The average molecular weight is 259 g/mol. The zero-order valence-corrected chi connectivity index (χ0v) is 11.7. The molecule has 0 radical (unpaired) electrons. The molecule has 0 aromatic carbocycles. The van der Waals surface area contributed by atoms with E-state index in [1.807, 2.05) is 20.9 Å². The normalized spacial score (nSPS) is 11.1. The molecule has 0 aliphatic carbocycles. The Labute approximate surface area is 109 Å². The molecule has 2 amide bonds. The molecule has 6 heteroatoms. The second-order valence-corrected chi connectivity index (χ2v) is 5.09. The molecule has 3 N–H and O–H groups in total. The van der Waals surface area contributed by atoms with Crippen LogP contribution in [0.2, 0.25) is 0 Å². The fourth-order valence-corrected chi connectivity index (χ4v) is 1.46. The van der Waals surface area contributed by atoms with Crippen molar-refractivity contribution in [2.24, 2.45) is 0 Å². The van der Waals surface area contributed by atoms with Gasteiger partial charge in [0.15, 0.2) is 0 Å². The van der Waals surface area contributed by atoms with Gasteiger partial charge in [0, 0.05) is 25.6 Å². The number of amides is 2. The van der Waals surface area contributed by atoms with Crippen LogP contribution in [0, 0.1) is 0 Å². The highest BCUT2D eigenvalue weighted by Gasteiger charge is 2.22. The monoisotopic (exact) mass is 259 g/mol. The Morgan fingerprint density at radius 1 is 1.33 bits per heavy atom. The van der Waals surface area contributed by atoms with Gasteiger partial charge in [0.05, 0.1) is 0 Å². The predicted octanol–water partition coefficient (Wildman–Crippen LogP) is 0.881. The lowest BCUT2D eigenvalue weighted by atomic mass is 9.99. The van der Waals surface area contributed by atoms with Gasteiger partial charge in [0.1, 0.15) is 0 Å². The average Bonchev–Trinajstić information content (AvgIpc) is 2.26. The maximum Gasteiger partial charge on any atom is 0.317 e. The van der Waals surface area contributed by atoms with E-state index in [1.165, 1.54) is 0 Å². The molecule has 0 aliphatic heterocycles. The van der Waals surface area contributed by atoms with Crippen LogP contribution in [0.1, 0.15) is 33.1 Å². The van der Waals surface area contributed by atoms with Crippen LogP contribution >= 0.6 is 0 Å². The van der Waals surface area contributed by atoms with Crippen LogP contribution in [0.5, 0.6) is 0 Å². The molecule has 0 fully saturated rings. The summed E-state index contributed by atoms with van der Waals surface area (Å²) in [6.45, 7) is 5.19. The third kappa shape index (κ3) is 7.89. The number of urea groups is 1. The molecule has 0 unspecified atom stereocenters. The first-order chi connectivity index (χ1) is 8.28. The summed E-state index contributed by atoms with van der Waals surface area (Å²) in [6.07, 6.45) is 1.35. The zero-order chi connectivity index (χ0) is 14.2. The standard InChI is InChI=1S/C12H25N3O3/c1-12(2,7-6-10(16)17)14-11(18)15(4)9-5-8-13-3/h13H,5-9H2,1-4H3,(H,14,18)(H,16,17). The van der Waals surface area contributed by atoms with Crippen LogP contribution < -0.4 is 10.6 Å². The Morgan fingerprint density at radius 3 is 2.44 bits per heavy atom. The summed E-state index contributed by atoms with van der Waals surface area (Å²) < 4.78 is 0. The molecule has 0 bridgehead atoms. The van der Waals surface area contributed by atoms with Crippen molar-refractivity contribution in [3.63, 3.8) is 0 Å². The van der Waals surface area contributed by atoms with Gasteiger partial charge in [0.2, 0.25) is 0 Å². The minimum Gasteiger partial charge on any atom is -0.481 e. The molecule has 0 saturated carbocycles. The summed E-state index contributed by atoms with van der Waals surface area (Å²) in [7, 11) is 3.60. The molecule has 18 heavy (non-hydrogen) atoms. The van der Waals surface area contributed by atoms with Crippen LogP contribution in [0.25, 0.3) is 0 Å². The Balaban J connectivity index is 4.07. The fraction of sp³-hybridized carbons (Fsp3) is 0.833. The van der Waals surface area contributed by atoms with Gasteiger partial charge < -0.3 is 20.6 Å². The number of hydrogen-bond donors (Lipinski definition) is 3. The van der Waals surface area contributed by atoms with Crippen LogP contribution in [-0.4, -0.2) is 54.7 Å². The van der Waals surface area contributed by atoms with Crippen molar-refractivity contribution >= 4 is 12.0 Å². The van der Waals surface area contributed by atoms with E-state index < -0.39 is 11.5 Å². The lowest BCUT2D eigenvalue weighted by Crippen LogP contribution is -2.49. The van der Waals surface area contributed by atoms with E-state index in [-0.39, 0.29) is 12.5 Å². The summed E-state index contributed by atoms with van der Waals surface area (Å²) >= 11 is 0. The lowest BCUT2D eigenvalue weighted by molar-refractivity contribution is -0.137. The Hall–Kier alpha value is -1.30. The van der Waals surface area contributed by atoms with Crippen molar-refractivity contribution in [1.82, 2.24) is 15.5 Å². The summed E-state index contributed by atoms with van der Waals surface area (Å²) in [5, 5.41) is 14.5. The van der Waals surface area contributed by atoms with E-state index in [4.69, 9.17) is 5.11 Å². The minimum atomic E-state index is -0.848. The number of carboxylic acids is 1. The van der Waals surface area contributed by atoms with E-state index in [2.05, 4.69) is 10.6 Å². The lowest BCUT2D eigenvalue weighted by Gasteiger charge is -2.29. The van der Waals surface area contributed by atoms with Crippen molar-refractivity contribution in [3.05, 3.63) is 0 Å². The first-order valence-electron chi connectivity index (χ1n) is 6.18. The van der Waals surface area contributed by atoms with E-state index in [1.54, 1.807) is 11.9 Å². The zero-order valence-electron chi connectivity index (χ0n) is 11.7. The Kier molecular flexibility index (Phi) is 7.35. The van der Waals surface area contributed by atoms with Crippen LogP contribution in [0.4, 0.5) is 4.79 Å². The maximum absolute atomic E-state index is 11.8. The smallest absolute Gasteiger partial charge is 0.317 e. The number of hydrogen-bond acceptors (Lipinski definition) is 3. The molecule has 0 saturated heterocycles. The first-order valence-corrected chi connectivity index (χ1v) is 6.18. The maximum atomic E-state index is 11.8. The number of aliphatic carboxylic acids is 1. The molecular weight excluding hydrogens is 234 g/mol. The summed E-state index contributed by atoms with van der Waals surface area (Å²) in [5.74, 6) is -0.848. The van der Waals surface area contributed by atoms with Gasteiger partial charge in [-0.2, -0.15) is 0 Å². The van der Waals surface area contributed by atoms with Gasteiger partial charge in [-0.1, -0.05) is 0 Å². The van der Waals surface area contributed by atoms with Crippen molar-refractivity contribution in [2.75, 3.05) is 27.2 Å². The molecule has 6 nitrogen and oxygen atoms in total. The van der Waals surface area contributed by atoms with E-state index in [0.717, 1.165) is 13.0 Å². The third-order valence-electron chi connectivity index (χ3n) is 2.68. The largest absolute Gasteiger partial charge is 0.481 e. The predicted molar refractivity (Wildman–Crippen MR) is 70.7 cm³/mol. The molecule has 0 rings (SSSR count). The quantitative estimate of drug-likeness (QED) is 0.565. The van der Waals surface area contributed by atoms with Crippen LogP contribution in [0.15, 0.2) is 0 Å². The summed E-state index contributed by atoms with van der Waals surface area (Å²) in [4.78, 5) is 24.0. The molecule has 0 aromatic rings. The Bertz CT molecular complexity index is 280. The van der Waals surface area contributed by atoms with Crippen molar-refractivity contribution in [3.8, 4) is 0 Å². The number of nitrogens with one attached hydrogen (secondary N) is 2. The van der Waals surface area contributed by atoms with Crippen LogP contribution in [0.3, 0.4) is 0 Å². The molecule has 106 valence electrons. The SMILES string of the molecule is CNCCCN(C)C(=O)NC(C)(C)CCC(=O)O. The van der Waals surface area contributed by atoms with Gasteiger partial charge in [-0.25, -0.2) is 4.79 Å². The highest BCUT2D eigenvalue weighted by Crippen LogP contribution is 2.11. The van der Waals surface area contributed by atoms with Crippen molar-refractivity contribution < 1.29 is 14.7 Å². The van der Waals surface area contributed by atoms with Gasteiger partial charge >= 0.3 is 12.0 Å². The molecule has 0 aromatic heterocycles. The van der Waals surface area contributed by atoms with E-state index >= 15 is 0 Å². The van der Waals surface area contributed by atoms with Gasteiger partial charge in [0.25, 0.3) is 0 Å². The highest BCUT2D eigenvalue weighted by molar-refractivity contribution is 5.74. The summed E-state index contributed by atoms with van der Waals surface area (Å²) in [5.41, 5.74) is -0.507. The van der Waals surface area contributed by atoms with E-state index in [9.17, 15) is 9.59 Å². The number of rotatable bonds is 8. The van der Waals surface area contributed by atoms with Crippen molar-refractivity contribution in [2.45, 2.75) is 38.6 Å². The summed E-state index contributed by atoms with van der Waals surface area (Å²) in [6, 6.07) is -0.165. The molecule has 0 spiro atoms. The molecular formula is C12H25N3O3. The number of carboxylic acid groups (broad SMARTS) is 1. The second kappa shape index (κ2) is 7.92. The first kappa shape index (κ1) is 16.7. The topological polar surface area (TPSA) is 81.7 Å². The molecule has 0 aliphatic rings. The Morgan fingerprint density at radius 2 is 1.94 bits per heavy atom. The van der Waals surface area contributed by atoms with Crippen LogP contribution in [-0.2, 0) is 4.79 Å². The second-order valence-electron chi connectivity index (χ2n) is 5.09. The molecule has 0 heterocycles. The van der Waals surface area contributed by atoms with Crippen molar-refractivity contribution in [1.29, 1.82) is 0 Å². The van der Waals surface area contributed by atoms with E-state index in [0.29, 0.717) is 13.0 Å². The number of carbonyl (C=O) groups excluding carboxylic acids is 1. The van der Waals surface area contributed by atoms with Gasteiger partial charge in [-0.3, -0.25) is 4.79 Å². The minimum absolute atomic E-state index is 0.0523. The number of carbonyl (C=O) groups is 2.